The van der Waals surface area contributed by atoms with Crippen LogP contribution in [0, 0.1) is 19.3 Å². The Balaban J connectivity index is 2.37. The van der Waals surface area contributed by atoms with Crippen molar-refractivity contribution in [2.24, 2.45) is 7.05 Å². The van der Waals surface area contributed by atoms with Gasteiger partial charge in [-0.25, -0.2) is 22.7 Å². The minimum absolute atomic E-state index is 0.126. The number of thioether (sulfide) groups is 1. The summed E-state index contributed by atoms with van der Waals surface area (Å²) in [5.41, 5.74) is -0.396. The highest BCUT2D eigenvalue weighted by atomic mass is 32.2. The predicted octanol–water partition coefficient (Wildman–Crippen LogP) is 1.35. The number of carbonyl (C=O) groups is 1. The minimum Gasteiger partial charge on any atom is -0.492 e. The summed E-state index contributed by atoms with van der Waals surface area (Å²) in [7, 11) is -2.90. The van der Waals surface area contributed by atoms with Crippen LogP contribution in [-0.4, -0.2) is 41.2 Å². The van der Waals surface area contributed by atoms with E-state index in [4.69, 9.17) is 11.2 Å². The van der Waals surface area contributed by atoms with Crippen LogP contribution in [0.15, 0.2) is 33.0 Å². The maximum atomic E-state index is 12.8. The van der Waals surface area contributed by atoms with Crippen molar-refractivity contribution < 1.29 is 17.9 Å². The Kier molecular flexibility index (Phi) is 6.93. The number of amides is 1. The van der Waals surface area contributed by atoms with Crippen molar-refractivity contribution in [3.05, 3.63) is 34.2 Å². The number of sulfonamides is 1. The lowest BCUT2D eigenvalue weighted by Gasteiger charge is -2.14. The number of carbonyl (C=O) groups excluding carboxylic acids is 1. The molecule has 0 aliphatic carbocycles. The van der Waals surface area contributed by atoms with Gasteiger partial charge in [0, 0.05) is 7.05 Å². The van der Waals surface area contributed by atoms with Crippen LogP contribution < -0.4 is 15.1 Å². The number of nitrogens with one attached hydrogen (secondary N) is 1. The first-order chi connectivity index (χ1) is 13.2. The molecule has 2 aromatic rings. The van der Waals surface area contributed by atoms with Crippen molar-refractivity contribution in [3.63, 3.8) is 0 Å². The van der Waals surface area contributed by atoms with E-state index in [1.54, 1.807) is 19.1 Å². The number of benzene rings is 1. The molecule has 11 heteroatoms. The fourth-order valence-electron chi connectivity index (χ4n) is 2.29. The van der Waals surface area contributed by atoms with Crippen molar-refractivity contribution in [2.75, 3.05) is 12.4 Å². The summed E-state index contributed by atoms with van der Waals surface area (Å²) in [4.78, 5) is 24.5. The van der Waals surface area contributed by atoms with E-state index in [9.17, 15) is 18.0 Å². The van der Waals surface area contributed by atoms with Gasteiger partial charge in [0.25, 0.3) is 10.0 Å². The summed E-state index contributed by atoms with van der Waals surface area (Å²) in [6.07, 6.45) is 5.86. The molecule has 0 fully saturated rings. The quantitative estimate of drug-likeness (QED) is 0.527. The van der Waals surface area contributed by atoms with Crippen molar-refractivity contribution in [2.45, 2.75) is 30.3 Å². The molecule has 0 radical (unpaired) electrons. The molecule has 0 unspecified atom stereocenters. The Morgan fingerprint density at radius 1 is 1.43 bits per heavy atom. The molecule has 1 heterocycles. The zero-order valence-electron chi connectivity index (χ0n) is 15.6. The average molecular weight is 425 g/mol. The molecule has 1 amide bonds. The van der Waals surface area contributed by atoms with Gasteiger partial charge in [0.2, 0.25) is 0 Å². The molecule has 1 aromatic carbocycles. The van der Waals surface area contributed by atoms with Crippen molar-refractivity contribution in [1.29, 1.82) is 0 Å². The number of hydrogen-bond donors (Lipinski definition) is 1. The van der Waals surface area contributed by atoms with Crippen molar-refractivity contribution in [1.82, 2.24) is 19.1 Å². The van der Waals surface area contributed by atoms with Crippen molar-refractivity contribution in [3.8, 4) is 18.1 Å². The molecule has 0 aliphatic rings. The summed E-state index contributed by atoms with van der Waals surface area (Å²) in [5, 5.41) is 4.04. The minimum atomic E-state index is -4.31. The highest BCUT2D eigenvalue weighted by molar-refractivity contribution is 7.99. The van der Waals surface area contributed by atoms with E-state index in [2.05, 4.69) is 11.0 Å². The van der Waals surface area contributed by atoms with Gasteiger partial charge in [0.15, 0.2) is 5.16 Å². The normalized spacial score (nSPS) is 11.1. The van der Waals surface area contributed by atoms with Gasteiger partial charge in [-0.15, -0.1) is 16.2 Å². The summed E-state index contributed by atoms with van der Waals surface area (Å²) in [6, 6.07) is 3.54. The molecule has 0 bridgehead atoms. The van der Waals surface area contributed by atoms with Crippen LogP contribution in [0.3, 0.4) is 0 Å². The molecule has 0 spiro atoms. The highest BCUT2D eigenvalue weighted by Crippen LogP contribution is 2.27. The number of rotatable bonds is 7. The molecule has 150 valence electrons. The van der Waals surface area contributed by atoms with E-state index < -0.39 is 21.7 Å². The van der Waals surface area contributed by atoms with Crippen LogP contribution in [0.4, 0.5) is 4.79 Å². The first kappa shape index (κ1) is 21.6. The van der Waals surface area contributed by atoms with E-state index in [1.165, 1.54) is 13.1 Å². The third-order valence-corrected chi connectivity index (χ3v) is 5.97. The molecular formula is C17H20N4O5S2. The Hall–Kier alpha value is -2.71. The molecule has 2 rings (SSSR count). The molecular weight excluding hydrogens is 404 g/mol. The van der Waals surface area contributed by atoms with Gasteiger partial charge in [0.1, 0.15) is 10.6 Å². The lowest BCUT2D eigenvalue weighted by molar-refractivity contribution is 0.243. The Bertz CT molecular complexity index is 1080. The zero-order valence-corrected chi connectivity index (χ0v) is 17.3. The number of nitrogens with zero attached hydrogens (tertiary/aromatic N) is 3. The number of aromatic nitrogens is 3. The fraction of sp³-hybridized carbons (Fsp3) is 0.353. The maximum Gasteiger partial charge on any atom is 0.360 e. The molecule has 0 saturated carbocycles. The van der Waals surface area contributed by atoms with E-state index in [0.29, 0.717) is 23.3 Å². The van der Waals surface area contributed by atoms with Gasteiger partial charge in [-0.1, -0.05) is 36.7 Å². The van der Waals surface area contributed by atoms with Crippen LogP contribution in [0.1, 0.15) is 18.9 Å². The Morgan fingerprint density at radius 3 is 2.79 bits per heavy atom. The third kappa shape index (κ3) is 4.58. The van der Waals surface area contributed by atoms with E-state index >= 15 is 0 Å². The Labute approximate surface area is 167 Å². The zero-order chi connectivity index (χ0) is 20.9. The predicted molar refractivity (Wildman–Crippen MR) is 105 cm³/mol. The lowest BCUT2D eigenvalue weighted by Crippen LogP contribution is -2.40. The lowest BCUT2D eigenvalue weighted by atomic mass is 10.2. The van der Waals surface area contributed by atoms with Crippen molar-refractivity contribution >= 4 is 27.8 Å². The Morgan fingerprint density at radius 2 is 2.14 bits per heavy atom. The molecule has 1 aromatic heterocycles. The van der Waals surface area contributed by atoms with Gasteiger partial charge in [-0.3, -0.25) is 4.57 Å². The first-order valence-electron chi connectivity index (χ1n) is 8.24. The molecule has 9 nitrogen and oxygen atoms in total. The van der Waals surface area contributed by atoms with Crippen LogP contribution >= 0.6 is 11.8 Å². The second kappa shape index (κ2) is 8.99. The monoisotopic (exact) mass is 424 g/mol. The summed E-state index contributed by atoms with van der Waals surface area (Å²) >= 11 is 1.07. The van der Waals surface area contributed by atoms with Gasteiger partial charge < -0.3 is 4.74 Å². The number of aryl methyl sites for hydroxylation is 1. The second-order valence-corrected chi connectivity index (χ2v) is 8.25. The van der Waals surface area contributed by atoms with Gasteiger partial charge in [0.05, 0.1) is 12.4 Å². The van der Waals surface area contributed by atoms with Gasteiger partial charge >= 0.3 is 11.7 Å². The average Bonchev–Trinajstić information content (AvgIpc) is 2.92. The smallest absolute Gasteiger partial charge is 0.360 e. The second-order valence-electron chi connectivity index (χ2n) is 5.69. The van der Waals surface area contributed by atoms with Gasteiger partial charge in [-0.2, -0.15) is 0 Å². The molecule has 0 saturated heterocycles. The van der Waals surface area contributed by atoms with E-state index in [0.717, 1.165) is 16.3 Å². The topological polar surface area (TPSA) is 112 Å². The van der Waals surface area contributed by atoms with Gasteiger partial charge in [-0.05, 0) is 25.0 Å². The third-order valence-electron chi connectivity index (χ3n) is 3.55. The SMILES string of the molecule is C#CCSc1nn(C(=O)NS(=O)(=O)c2c(C)cccc2OCCC)c(=O)n1C. The standard InChI is InChI=1S/C17H20N4O5S2/c1-5-10-26-13-9-7-8-12(3)14(13)28(24,25)19-15(22)21-17(23)20(4)16(18-21)27-11-6-2/h2,7-9H,5,10-11H2,1,3-4H3,(H,19,22). The number of terminal acetylenes is 1. The summed E-state index contributed by atoms with van der Waals surface area (Å²) < 4.78 is 34.5. The molecule has 28 heavy (non-hydrogen) atoms. The van der Waals surface area contributed by atoms with E-state index in [1.807, 2.05) is 11.6 Å². The van der Waals surface area contributed by atoms with Crippen LogP contribution in [-0.2, 0) is 17.1 Å². The van der Waals surface area contributed by atoms with Crippen LogP contribution in [0.25, 0.3) is 0 Å². The van der Waals surface area contributed by atoms with Crippen LogP contribution in [0.2, 0.25) is 0 Å². The highest BCUT2D eigenvalue weighted by Gasteiger charge is 2.27. The van der Waals surface area contributed by atoms with E-state index in [-0.39, 0.29) is 21.6 Å². The summed E-state index contributed by atoms with van der Waals surface area (Å²) in [5.74, 6) is 2.75. The fourth-order valence-corrected chi connectivity index (χ4v) is 4.21. The molecule has 0 aliphatic heterocycles. The number of hydrogen-bond acceptors (Lipinski definition) is 7. The van der Waals surface area contributed by atoms with Crippen LogP contribution in [0.5, 0.6) is 5.75 Å². The summed E-state index contributed by atoms with van der Waals surface area (Å²) in [6.45, 7) is 3.78. The first-order valence-corrected chi connectivity index (χ1v) is 10.7. The number of ether oxygens (including phenoxy) is 1. The maximum absolute atomic E-state index is 12.8. The molecule has 0 atom stereocenters. The largest absolute Gasteiger partial charge is 0.492 e. The molecule has 1 N–H and O–H groups in total.